The van der Waals surface area contributed by atoms with E-state index in [-0.39, 0.29) is 11.8 Å². The van der Waals surface area contributed by atoms with Gasteiger partial charge in [-0.05, 0) is 53.4 Å². The zero-order chi connectivity index (χ0) is 14.4. The normalized spacial score (nSPS) is 10.3. The number of rotatable bonds is 6. The van der Waals surface area contributed by atoms with Crippen molar-refractivity contribution in [3.63, 3.8) is 0 Å². The average molecular weight is 348 g/mol. The van der Waals surface area contributed by atoms with Gasteiger partial charge in [-0.2, -0.15) is 0 Å². The Morgan fingerprint density at radius 1 is 1.37 bits per heavy atom. The number of amides is 2. The van der Waals surface area contributed by atoms with E-state index in [9.17, 15) is 9.59 Å². The molecule has 3 N–H and O–H groups in total. The zero-order valence-electron chi connectivity index (χ0n) is 10.6. The number of unbranched alkanes of at least 4 members (excludes halogenated alkanes) is 1. The first-order chi connectivity index (χ1) is 8.91. The number of nitrogens with one attached hydrogen (secondary N) is 1. The largest absolute Gasteiger partial charge is 0.370 e. The van der Waals surface area contributed by atoms with Crippen LogP contribution in [-0.2, 0) is 4.79 Å². The first-order valence-electron chi connectivity index (χ1n) is 5.94. The molecule has 0 atom stereocenters. The average Bonchev–Trinajstić information content (AvgIpc) is 2.34. The maximum absolute atomic E-state index is 11.9. The summed E-state index contributed by atoms with van der Waals surface area (Å²) in [5, 5.41) is 3.29. The lowest BCUT2D eigenvalue weighted by Gasteiger charge is -2.08. The van der Waals surface area contributed by atoms with Crippen LogP contribution in [0.1, 0.15) is 35.2 Å². The number of benzene rings is 1. The van der Waals surface area contributed by atoms with Crippen LogP contribution in [0, 0.1) is 6.92 Å². The monoisotopic (exact) mass is 346 g/mol. The fourth-order valence-corrected chi connectivity index (χ4v) is 2.08. The molecule has 0 fully saturated rings. The Balaban J connectivity index is 2.48. The molecule has 0 spiro atoms. The van der Waals surface area contributed by atoms with Crippen LogP contribution in [0.4, 0.5) is 0 Å². The van der Waals surface area contributed by atoms with Crippen molar-refractivity contribution in [3.8, 4) is 0 Å². The number of primary amides is 1. The van der Waals surface area contributed by atoms with Crippen LogP contribution in [-0.4, -0.2) is 18.4 Å². The summed E-state index contributed by atoms with van der Waals surface area (Å²) in [6.45, 7) is 2.39. The van der Waals surface area contributed by atoms with E-state index in [2.05, 4.69) is 21.2 Å². The smallest absolute Gasteiger partial charge is 0.251 e. The van der Waals surface area contributed by atoms with E-state index in [1.54, 1.807) is 12.1 Å². The van der Waals surface area contributed by atoms with Crippen LogP contribution >= 0.6 is 27.5 Å². The van der Waals surface area contributed by atoms with Crippen LogP contribution in [0.15, 0.2) is 16.6 Å². The molecule has 0 aromatic heterocycles. The van der Waals surface area contributed by atoms with Crippen LogP contribution in [0.25, 0.3) is 0 Å². The molecule has 0 saturated heterocycles. The van der Waals surface area contributed by atoms with E-state index in [1.165, 1.54) is 0 Å². The molecule has 0 saturated carbocycles. The van der Waals surface area contributed by atoms with Gasteiger partial charge in [-0.15, -0.1) is 0 Å². The van der Waals surface area contributed by atoms with E-state index >= 15 is 0 Å². The summed E-state index contributed by atoms with van der Waals surface area (Å²) in [5.41, 5.74) is 6.46. The predicted molar refractivity (Wildman–Crippen MR) is 79.3 cm³/mol. The molecule has 6 heteroatoms. The molecule has 19 heavy (non-hydrogen) atoms. The van der Waals surface area contributed by atoms with E-state index in [0.717, 1.165) is 16.5 Å². The Morgan fingerprint density at radius 3 is 2.63 bits per heavy atom. The maximum Gasteiger partial charge on any atom is 0.251 e. The number of aryl methyl sites for hydroxylation is 1. The lowest BCUT2D eigenvalue weighted by molar-refractivity contribution is -0.118. The second-order valence-electron chi connectivity index (χ2n) is 4.27. The van der Waals surface area contributed by atoms with Crippen molar-refractivity contribution in [1.82, 2.24) is 5.32 Å². The number of carbonyl (C=O) groups is 2. The fraction of sp³-hybridized carbons (Fsp3) is 0.385. The van der Waals surface area contributed by atoms with Crippen molar-refractivity contribution < 1.29 is 9.59 Å². The van der Waals surface area contributed by atoms with Gasteiger partial charge < -0.3 is 11.1 Å². The van der Waals surface area contributed by atoms with Crippen molar-refractivity contribution in [2.45, 2.75) is 26.2 Å². The van der Waals surface area contributed by atoms with Gasteiger partial charge in [-0.1, -0.05) is 11.6 Å². The maximum atomic E-state index is 11.9. The minimum atomic E-state index is -0.318. The molecule has 104 valence electrons. The molecule has 0 aliphatic heterocycles. The molecule has 0 aliphatic rings. The summed E-state index contributed by atoms with van der Waals surface area (Å²) < 4.78 is 0.798. The Bertz CT molecular complexity index is 469. The lowest BCUT2D eigenvalue weighted by atomic mass is 10.1. The van der Waals surface area contributed by atoms with Crippen molar-refractivity contribution in [3.05, 3.63) is 32.8 Å². The Kier molecular flexibility index (Phi) is 6.31. The molecule has 1 aromatic rings. The molecule has 0 aliphatic carbocycles. The Labute approximate surface area is 125 Å². The second kappa shape index (κ2) is 7.50. The first kappa shape index (κ1) is 16.0. The molecule has 2 amide bonds. The van der Waals surface area contributed by atoms with E-state index in [1.807, 2.05) is 6.92 Å². The van der Waals surface area contributed by atoms with Gasteiger partial charge in [-0.3, -0.25) is 9.59 Å². The molecule has 0 bridgehead atoms. The van der Waals surface area contributed by atoms with Gasteiger partial charge in [-0.25, -0.2) is 0 Å². The molecular formula is C13H16BrClN2O2. The summed E-state index contributed by atoms with van der Waals surface area (Å²) in [6, 6.07) is 3.39. The third kappa shape index (κ3) is 5.20. The van der Waals surface area contributed by atoms with Gasteiger partial charge in [0.15, 0.2) is 0 Å². The zero-order valence-corrected chi connectivity index (χ0v) is 13.0. The summed E-state index contributed by atoms with van der Waals surface area (Å²) in [7, 11) is 0. The minimum Gasteiger partial charge on any atom is -0.370 e. The van der Waals surface area contributed by atoms with Crippen molar-refractivity contribution in [2.24, 2.45) is 5.73 Å². The number of carbonyl (C=O) groups excluding carboxylic acids is 2. The highest BCUT2D eigenvalue weighted by atomic mass is 79.9. The van der Waals surface area contributed by atoms with E-state index in [4.69, 9.17) is 17.3 Å². The van der Waals surface area contributed by atoms with Gasteiger partial charge in [0.25, 0.3) is 5.91 Å². The highest BCUT2D eigenvalue weighted by Gasteiger charge is 2.10. The summed E-state index contributed by atoms with van der Waals surface area (Å²) in [6.07, 6.45) is 1.74. The second-order valence-corrected chi connectivity index (χ2v) is 5.47. The number of hydrogen-bond acceptors (Lipinski definition) is 2. The summed E-state index contributed by atoms with van der Waals surface area (Å²) in [5.74, 6) is -0.488. The van der Waals surface area contributed by atoms with Gasteiger partial charge in [0.2, 0.25) is 5.91 Å². The summed E-state index contributed by atoms with van der Waals surface area (Å²) in [4.78, 5) is 22.4. The van der Waals surface area contributed by atoms with Crippen molar-refractivity contribution in [1.29, 1.82) is 0 Å². The van der Waals surface area contributed by atoms with E-state index in [0.29, 0.717) is 30.0 Å². The Morgan fingerprint density at radius 2 is 2.05 bits per heavy atom. The predicted octanol–water partition coefficient (Wildman–Crippen LogP) is 2.80. The minimum absolute atomic E-state index is 0.170. The van der Waals surface area contributed by atoms with Crippen molar-refractivity contribution in [2.75, 3.05) is 6.54 Å². The van der Waals surface area contributed by atoms with Gasteiger partial charge >= 0.3 is 0 Å². The molecule has 0 radical (unpaired) electrons. The van der Waals surface area contributed by atoms with Gasteiger partial charge in [0, 0.05) is 23.0 Å². The third-order valence-corrected chi connectivity index (χ3v) is 4.19. The van der Waals surface area contributed by atoms with Gasteiger partial charge in [0.1, 0.15) is 0 Å². The molecule has 1 rings (SSSR count). The quantitative estimate of drug-likeness (QED) is 0.777. The SMILES string of the molecule is Cc1cc(C(=O)NCCCCC(N)=O)cc(Cl)c1Br. The van der Waals surface area contributed by atoms with Crippen LogP contribution in [0.5, 0.6) is 0 Å². The van der Waals surface area contributed by atoms with Crippen molar-refractivity contribution >= 4 is 39.3 Å². The molecular weight excluding hydrogens is 332 g/mol. The number of halogens is 2. The van der Waals surface area contributed by atoms with Crippen LogP contribution in [0.3, 0.4) is 0 Å². The standard InChI is InChI=1S/C13H16BrClN2O2/c1-8-6-9(7-10(15)12(8)14)13(19)17-5-3-2-4-11(16)18/h6-7H,2-5H2,1H3,(H2,16,18)(H,17,19). The number of hydrogen-bond donors (Lipinski definition) is 2. The third-order valence-electron chi connectivity index (χ3n) is 2.61. The highest BCUT2D eigenvalue weighted by Crippen LogP contribution is 2.27. The van der Waals surface area contributed by atoms with Crippen LogP contribution in [0.2, 0.25) is 5.02 Å². The molecule has 1 aromatic carbocycles. The van der Waals surface area contributed by atoms with Crippen LogP contribution < -0.4 is 11.1 Å². The topological polar surface area (TPSA) is 72.2 Å². The molecule has 0 heterocycles. The lowest BCUT2D eigenvalue weighted by Crippen LogP contribution is -2.24. The molecule has 0 unspecified atom stereocenters. The fourth-order valence-electron chi connectivity index (χ4n) is 1.59. The Hall–Kier alpha value is -1.07. The van der Waals surface area contributed by atoms with Gasteiger partial charge in [0.05, 0.1) is 5.02 Å². The highest BCUT2D eigenvalue weighted by molar-refractivity contribution is 9.10. The number of nitrogens with two attached hydrogens (primary N) is 1. The first-order valence-corrected chi connectivity index (χ1v) is 7.11. The van der Waals surface area contributed by atoms with E-state index < -0.39 is 0 Å². The molecule has 4 nitrogen and oxygen atoms in total. The summed E-state index contributed by atoms with van der Waals surface area (Å²) >= 11 is 9.35.